The lowest BCUT2D eigenvalue weighted by Gasteiger charge is -2.07. The van der Waals surface area contributed by atoms with Crippen molar-refractivity contribution >= 4 is 0 Å². The van der Waals surface area contributed by atoms with Gasteiger partial charge in [0, 0.05) is 13.2 Å². The largest absolute Gasteiger partial charge is 0.494 e. The van der Waals surface area contributed by atoms with Crippen molar-refractivity contribution in [2.75, 3.05) is 26.4 Å². The van der Waals surface area contributed by atoms with Crippen LogP contribution in [0.3, 0.4) is 0 Å². The lowest BCUT2D eigenvalue weighted by Crippen LogP contribution is -2.03. The van der Waals surface area contributed by atoms with Crippen LogP contribution in [0.15, 0.2) is 60.7 Å². The van der Waals surface area contributed by atoms with E-state index < -0.39 is 0 Å². The van der Waals surface area contributed by atoms with E-state index in [2.05, 4.69) is 0 Å². The van der Waals surface area contributed by atoms with Crippen LogP contribution >= 0.6 is 0 Å². The Morgan fingerprint density at radius 3 is 1.30 bits per heavy atom. The molecule has 0 aromatic heterocycles. The summed E-state index contributed by atoms with van der Waals surface area (Å²) in [4.78, 5) is 0. The fourth-order valence-corrected chi connectivity index (χ4v) is 2.13. The van der Waals surface area contributed by atoms with E-state index >= 15 is 0 Å². The van der Waals surface area contributed by atoms with Gasteiger partial charge in [-0.15, -0.1) is 0 Å². The molecule has 2 rings (SSSR count). The summed E-state index contributed by atoms with van der Waals surface area (Å²) in [6.45, 7) is 3.10. The van der Waals surface area contributed by atoms with Gasteiger partial charge in [-0.3, -0.25) is 0 Å². The number of ether oxygens (including phenoxy) is 3. The van der Waals surface area contributed by atoms with Crippen LogP contribution in [0, 0.1) is 0 Å². The third-order valence-electron chi connectivity index (χ3n) is 3.39. The van der Waals surface area contributed by atoms with Crippen LogP contribution in [0.1, 0.15) is 25.7 Å². The highest BCUT2D eigenvalue weighted by Gasteiger charge is 1.95. The third-order valence-corrected chi connectivity index (χ3v) is 3.39. The maximum atomic E-state index is 5.64. The Morgan fingerprint density at radius 2 is 0.870 bits per heavy atom. The van der Waals surface area contributed by atoms with Crippen LogP contribution in [-0.2, 0) is 4.74 Å². The second kappa shape index (κ2) is 11.6. The molecule has 2 aromatic carbocycles. The highest BCUT2D eigenvalue weighted by atomic mass is 16.5. The number of benzene rings is 2. The highest BCUT2D eigenvalue weighted by molar-refractivity contribution is 5.21. The van der Waals surface area contributed by atoms with Gasteiger partial charge in [0.1, 0.15) is 11.5 Å². The SMILES string of the molecule is c1ccc(OCCCCOCCCCOc2ccccc2)cc1. The zero-order valence-corrected chi connectivity index (χ0v) is 13.7. The molecule has 0 atom stereocenters. The molecule has 0 heterocycles. The summed E-state index contributed by atoms with van der Waals surface area (Å²) in [5.74, 6) is 1.87. The van der Waals surface area contributed by atoms with E-state index in [1.54, 1.807) is 0 Å². The van der Waals surface area contributed by atoms with E-state index in [0.717, 1.165) is 63.6 Å². The molecule has 0 aliphatic rings. The summed E-state index contributed by atoms with van der Waals surface area (Å²) in [6.07, 6.45) is 4.11. The normalized spacial score (nSPS) is 10.4. The van der Waals surface area contributed by atoms with E-state index in [-0.39, 0.29) is 0 Å². The molecule has 124 valence electrons. The Kier molecular flexibility index (Phi) is 8.72. The first kappa shape index (κ1) is 17.4. The minimum atomic E-state index is 0.748. The third kappa shape index (κ3) is 8.27. The second-order valence-electron chi connectivity index (χ2n) is 5.35. The average molecular weight is 314 g/mol. The quantitative estimate of drug-likeness (QED) is 0.530. The van der Waals surface area contributed by atoms with Gasteiger partial charge in [-0.05, 0) is 49.9 Å². The highest BCUT2D eigenvalue weighted by Crippen LogP contribution is 2.09. The van der Waals surface area contributed by atoms with Crippen molar-refractivity contribution in [2.24, 2.45) is 0 Å². The van der Waals surface area contributed by atoms with Crippen molar-refractivity contribution in [2.45, 2.75) is 25.7 Å². The molecule has 0 radical (unpaired) electrons. The van der Waals surface area contributed by atoms with Gasteiger partial charge in [-0.1, -0.05) is 36.4 Å². The standard InChI is InChI=1S/C20H26O3/c1-3-11-19(12-4-1)22-17-9-7-15-21-16-8-10-18-23-20-13-5-2-6-14-20/h1-6,11-14H,7-10,15-18H2. The Hall–Kier alpha value is -2.00. The number of unbranched alkanes of at least 4 members (excludes halogenated alkanes) is 2. The number of para-hydroxylation sites is 2. The zero-order valence-electron chi connectivity index (χ0n) is 13.7. The molecule has 0 N–H and O–H groups in total. The van der Waals surface area contributed by atoms with Crippen molar-refractivity contribution in [3.05, 3.63) is 60.7 Å². The monoisotopic (exact) mass is 314 g/mol. The topological polar surface area (TPSA) is 27.7 Å². The summed E-state index contributed by atoms with van der Waals surface area (Å²) in [5.41, 5.74) is 0. The van der Waals surface area contributed by atoms with Crippen molar-refractivity contribution in [1.82, 2.24) is 0 Å². The predicted molar refractivity (Wildman–Crippen MR) is 93.2 cm³/mol. The van der Waals surface area contributed by atoms with Gasteiger partial charge in [-0.2, -0.15) is 0 Å². The molecule has 0 saturated heterocycles. The maximum absolute atomic E-state index is 5.64. The fraction of sp³-hybridized carbons (Fsp3) is 0.400. The summed E-state index contributed by atoms with van der Waals surface area (Å²) in [5, 5.41) is 0. The van der Waals surface area contributed by atoms with E-state index in [0.29, 0.717) is 0 Å². The second-order valence-corrected chi connectivity index (χ2v) is 5.35. The van der Waals surface area contributed by atoms with Gasteiger partial charge in [-0.25, -0.2) is 0 Å². The molecule has 0 unspecified atom stereocenters. The molecule has 0 bridgehead atoms. The first-order chi connectivity index (χ1) is 11.4. The first-order valence-corrected chi connectivity index (χ1v) is 8.38. The molecule has 23 heavy (non-hydrogen) atoms. The van der Waals surface area contributed by atoms with Crippen LogP contribution < -0.4 is 9.47 Å². The Balaban J connectivity index is 1.34. The molecule has 0 amide bonds. The van der Waals surface area contributed by atoms with Crippen LogP contribution in [0.25, 0.3) is 0 Å². The first-order valence-electron chi connectivity index (χ1n) is 8.38. The summed E-state index contributed by atoms with van der Waals surface area (Å²) >= 11 is 0. The van der Waals surface area contributed by atoms with Gasteiger partial charge >= 0.3 is 0 Å². The van der Waals surface area contributed by atoms with Crippen LogP contribution in [0.4, 0.5) is 0 Å². The predicted octanol–water partition coefficient (Wildman–Crippen LogP) is 4.72. The smallest absolute Gasteiger partial charge is 0.119 e. The molecule has 0 fully saturated rings. The van der Waals surface area contributed by atoms with Gasteiger partial charge in [0.15, 0.2) is 0 Å². The van der Waals surface area contributed by atoms with Crippen LogP contribution in [0.2, 0.25) is 0 Å². The summed E-state index contributed by atoms with van der Waals surface area (Å²) in [7, 11) is 0. The molecule has 0 saturated carbocycles. The molecule has 0 aliphatic heterocycles. The van der Waals surface area contributed by atoms with Crippen molar-refractivity contribution in [3.63, 3.8) is 0 Å². The maximum Gasteiger partial charge on any atom is 0.119 e. The van der Waals surface area contributed by atoms with Crippen molar-refractivity contribution < 1.29 is 14.2 Å². The van der Waals surface area contributed by atoms with Crippen LogP contribution in [0.5, 0.6) is 11.5 Å². The minimum absolute atomic E-state index is 0.748. The summed E-state index contributed by atoms with van der Waals surface area (Å²) < 4.78 is 16.9. The van der Waals surface area contributed by atoms with Gasteiger partial charge in [0.05, 0.1) is 13.2 Å². The van der Waals surface area contributed by atoms with E-state index in [1.165, 1.54) is 0 Å². The minimum Gasteiger partial charge on any atom is -0.494 e. The van der Waals surface area contributed by atoms with Gasteiger partial charge < -0.3 is 14.2 Å². The number of rotatable bonds is 12. The molecule has 0 spiro atoms. The molecular formula is C20H26O3. The van der Waals surface area contributed by atoms with Crippen molar-refractivity contribution in [3.8, 4) is 11.5 Å². The Bertz CT molecular complexity index is 451. The van der Waals surface area contributed by atoms with Gasteiger partial charge in [0.2, 0.25) is 0 Å². The Morgan fingerprint density at radius 1 is 0.478 bits per heavy atom. The molecule has 3 nitrogen and oxygen atoms in total. The number of hydrogen-bond donors (Lipinski definition) is 0. The van der Waals surface area contributed by atoms with Crippen molar-refractivity contribution in [1.29, 1.82) is 0 Å². The van der Waals surface area contributed by atoms with E-state index in [9.17, 15) is 0 Å². The number of hydrogen-bond acceptors (Lipinski definition) is 3. The average Bonchev–Trinajstić information content (AvgIpc) is 2.61. The van der Waals surface area contributed by atoms with E-state index in [4.69, 9.17) is 14.2 Å². The van der Waals surface area contributed by atoms with E-state index in [1.807, 2.05) is 60.7 Å². The Labute approximate surface area is 139 Å². The molecule has 0 aliphatic carbocycles. The lowest BCUT2D eigenvalue weighted by molar-refractivity contribution is 0.119. The lowest BCUT2D eigenvalue weighted by atomic mass is 10.3. The zero-order chi connectivity index (χ0) is 16.0. The molecular weight excluding hydrogens is 288 g/mol. The summed E-state index contributed by atoms with van der Waals surface area (Å²) in [6, 6.07) is 19.8. The van der Waals surface area contributed by atoms with Crippen LogP contribution in [-0.4, -0.2) is 26.4 Å². The molecule has 3 heteroatoms. The van der Waals surface area contributed by atoms with Gasteiger partial charge in [0.25, 0.3) is 0 Å². The fourth-order valence-electron chi connectivity index (χ4n) is 2.13. The molecule has 2 aromatic rings.